The van der Waals surface area contributed by atoms with Crippen molar-refractivity contribution in [2.24, 2.45) is 0 Å². The summed E-state index contributed by atoms with van der Waals surface area (Å²) in [6.45, 7) is 9.56. The molecule has 3 nitrogen and oxygen atoms in total. The molecule has 0 saturated carbocycles. The van der Waals surface area contributed by atoms with Crippen LogP contribution < -0.4 is 10.1 Å². The van der Waals surface area contributed by atoms with Gasteiger partial charge in [0.25, 0.3) is 5.91 Å². The molecule has 0 aromatic heterocycles. The second-order valence-corrected chi connectivity index (χ2v) is 6.14. The molecule has 1 rings (SSSR count). The van der Waals surface area contributed by atoms with E-state index >= 15 is 0 Å². The summed E-state index contributed by atoms with van der Waals surface area (Å²) in [5, 5.41) is 2.77. The summed E-state index contributed by atoms with van der Waals surface area (Å²) in [6.07, 6.45) is 0.0811. The lowest BCUT2D eigenvalue weighted by Crippen LogP contribution is -2.49. The molecule has 0 heterocycles. The highest BCUT2D eigenvalue weighted by Crippen LogP contribution is 2.18. The van der Waals surface area contributed by atoms with Crippen molar-refractivity contribution in [2.45, 2.75) is 51.6 Å². The summed E-state index contributed by atoms with van der Waals surface area (Å²) < 4.78 is 5.58. The summed E-state index contributed by atoms with van der Waals surface area (Å²) in [5.41, 5.74) is 0.108. The lowest BCUT2D eigenvalue weighted by Gasteiger charge is -2.29. The van der Waals surface area contributed by atoms with Crippen LogP contribution in [0.5, 0.6) is 5.75 Å². The van der Waals surface area contributed by atoms with Gasteiger partial charge in [-0.2, -0.15) is 0 Å². The van der Waals surface area contributed by atoms with Gasteiger partial charge in [-0.3, -0.25) is 4.79 Å². The summed E-state index contributed by atoms with van der Waals surface area (Å²) in [4.78, 5) is 12.2. The summed E-state index contributed by atoms with van der Waals surface area (Å²) in [6, 6.07) is 7.15. The SMILES string of the molecule is CC(C)Oc1cccc(C(=O)NC(C)(C)C(C)Cl)c1. The number of amides is 1. The minimum absolute atomic E-state index is 0.0811. The lowest BCUT2D eigenvalue weighted by atomic mass is 10.0. The Balaban J connectivity index is 2.83. The maximum Gasteiger partial charge on any atom is 0.251 e. The molecule has 1 unspecified atom stereocenters. The molecule has 1 aromatic rings. The Kier molecular flexibility index (Phi) is 5.24. The quantitative estimate of drug-likeness (QED) is 0.839. The molecule has 0 aliphatic rings. The molecule has 1 atom stereocenters. The van der Waals surface area contributed by atoms with Crippen LogP contribution in [0.25, 0.3) is 0 Å². The number of hydrogen-bond acceptors (Lipinski definition) is 2. The molecule has 0 saturated heterocycles. The molecule has 1 amide bonds. The molecule has 1 N–H and O–H groups in total. The highest BCUT2D eigenvalue weighted by Gasteiger charge is 2.26. The number of hydrogen-bond donors (Lipinski definition) is 1. The topological polar surface area (TPSA) is 38.3 Å². The summed E-state index contributed by atoms with van der Waals surface area (Å²) in [7, 11) is 0. The van der Waals surface area contributed by atoms with Crippen LogP contribution in [0.4, 0.5) is 0 Å². The van der Waals surface area contributed by atoms with E-state index in [9.17, 15) is 4.79 Å². The minimum atomic E-state index is -0.465. The van der Waals surface area contributed by atoms with Crippen molar-refractivity contribution in [3.8, 4) is 5.75 Å². The van der Waals surface area contributed by atoms with Gasteiger partial charge in [-0.25, -0.2) is 0 Å². The van der Waals surface area contributed by atoms with Gasteiger partial charge in [0.05, 0.1) is 17.0 Å². The number of ether oxygens (including phenoxy) is 1. The normalized spacial score (nSPS) is 13.2. The zero-order valence-corrected chi connectivity index (χ0v) is 12.9. The van der Waals surface area contributed by atoms with Crippen molar-refractivity contribution < 1.29 is 9.53 Å². The molecule has 19 heavy (non-hydrogen) atoms. The summed E-state index contributed by atoms with van der Waals surface area (Å²) >= 11 is 6.06. The van der Waals surface area contributed by atoms with Crippen LogP contribution in [0.3, 0.4) is 0 Å². The van der Waals surface area contributed by atoms with Crippen molar-refractivity contribution in [3.63, 3.8) is 0 Å². The van der Waals surface area contributed by atoms with Crippen molar-refractivity contribution in [1.29, 1.82) is 0 Å². The van der Waals surface area contributed by atoms with Crippen molar-refractivity contribution >= 4 is 17.5 Å². The molecule has 0 radical (unpaired) electrons. The van der Waals surface area contributed by atoms with E-state index in [4.69, 9.17) is 16.3 Å². The van der Waals surface area contributed by atoms with Gasteiger partial charge in [0, 0.05) is 5.56 Å². The predicted molar refractivity (Wildman–Crippen MR) is 79.1 cm³/mol. The van der Waals surface area contributed by atoms with E-state index in [1.165, 1.54) is 0 Å². The Labute approximate surface area is 120 Å². The average molecular weight is 284 g/mol. The van der Waals surface area contributed by atoms with Crippen LogP contribution in [0.2, 0.25) is 0 Å². The van der Waals surface area contributed by atoms with Gasteiger partial charge in [-0.05, 0) is 52.8 Å². The van der Waals surface area contributed by atoms with Crippen LogP contribution in [-0.2, 0) is 0 Å². The van der Waals surface area contributed by atoms with Crippen LogP contribution >= 0.6 is 11.6 Å². The van der Waals surface area contributed by atoms with Crippen LogP contribution in [0.1, 0.15) is 45.0 Å². The highest BCUT2D eigenvalue weighted by molar-refractivity contribution is 6.21. The standard InChI is InChI=1S/C15H22ClNO2/c1-10(2)19-13-8-6-7-12(9-13)14(18)17-15(4,5)11(3)16/h6-11H,1-5H3,(H,17,18). The number of alkyl halides is 1. The van der Waals surface area contributed by atoms with Gasteiger partial charge < -0.3 is 10.1 Å². The van der Waals surface area contributed by atoms with Gasteiger partial charge in [0.2, 0.25) is 0 Å². The third-order valence-electron chi connectivity index (χ3n) is 2.90. The van der Waals surface area contributed by atoms with E-state index in [0.29, 0.717) is 11.3 Å². The monoisotopic (exact) mass is 283 g/mol. The first-order chi connectivity index (χ1) is 8.72. The molecule has 0 spiro atoms. The molecule has 0 fully saturated rings. The molecular weight excluding hydrogens is 262 g/mol. The van der Waals surface area contributed by atoms with Gasteiger partial charge in [0.15, 0.2) is 0 Å². The van der Waals surface area contributed by atoms with Gasteiger partial charge in [-0.15, -0.1) is 11.6 Å². The Morgan fingerprint density at radius 2 is 1.95 bits per heavy atom. The van der Waals surface area contributed by atoms with E-state index in [2.05, 4.69) is 5.32 Å². The Morgan fingerprint density at radius 3 is 2.47 bits per heavy atom. The molecule has 106 valence electrons. The fourth-order valence-electron chi connectivity index (χ4n) is 1.45. The molecule has 4 heteroatoms. The third-order valence-corrected chi connectivity index (χ3v) is 3.44. The van der Waals surface area contributed by atoms with Gasteiger partial charge in [-0.1, -0.05) is 6.07 Å². The van der Waals surface area contributed by atoms with E-state index in [-0.39, 0.29) is 17.4 Å². The van der Waals surface area contributed by atoms with Crippen LogP contribution in [-0.4, -0.2) is 22.9 Å². The fraction of sp³-hybridized carbons (Fsp3) is 0.533. The third kappa shape index (κ3) is 4.75. The zero-order chi connectivity index (χ0) is 14.6. The number of nitrogens with one attached hydrogen (secondary N) is 1. The van der Waals surface area contributed by atoms with Crippen molar-refractivity contribution in [2.75, 3.05) is 0 Å². The number of rotatable bonds is 5. The van der Waals surface area contributed by atoms with Gasteiger partial charge >= 0.3 is 0 Å². The zero-order valence-electron chi connectivity index (χ0n) is 12.2. The predicted octanol–water partition coefficient (Wildman–Crippen LogP) is 3.61. The largest absolute Gasteiger partial charge is 0.491 e. The molecular formula is C15H22ClNO2. The second kappa shape index (κ2) is 6.29. The molecule has 0 aliphatic carbocycles. The molecule has 0 bridgehead atoms. The average Bonchev–Trinajstić information content (AvgIpc) is 2.27. The highest BCUT2D eigenvalue weighted by atomic mass is 35.5. The first-order valence-corrected chi connectivity index (χ1v) is 6.89. The Hall–Kier alpha value is -1.22. The first kappa shape index (κ1) is 15.8. The van der Waals surface area contributed by atoms with E-state index in [0.717, 1.165) is 0 Å². The number of carbonyl (C=O) groups excluding carboxylic acids is 1. The van der Waals surface area contributed by atoms with Crippen molar-refractivity contribution in [3.05, 3.63) is 29.8 Å². The minimum Gasteiger partial charge on any atom is -0.491 e. The maximum atomic E-state index is 12.2. The second-order valence-electron chi connectivity index (χ2n) is 5.49. The van der Waals surface area contributed by atoms with Crippen molar-refractivity contribution in [1.82, 2.24) is 5.32 Å². The smallest absolute Gasteiger partial charge is 0.251 e. The number of carbonyl (C=O) groups is 1. The molecule has 0 aliphatic heterocycles. The van der Waals surface area contributed by atoms with E-state index in [1.807, 2.05) is 46.8 Å². The first-order valence-electron chi connectivity index (χ1n) is 6.45. The van der Waals surface area contributed by atoms with E-state index in [1.54, 1.807) is 12.1 Å². The summed E-state index contributed by atoms with van der Waals surface area (Å²) in [5.74, 6) is 0.547. The molecule has 1 aromatic carbocycles. The maximum absolute atomic E-state index is 12.2. The fourth-order valence-corrected chi connectivity index (χ4v) is 1.50. The number of halogens is 1. The number of benzene rings is 1. The van der Waals surface area contributed by atoms with Crippen LogP contribution in [0.15, 0.2) is 24.3 Å². The Bertz CT molecular complexity index is 442. The van der Waals surface area contributed by atoms with E-state index < -0.39 is 5.54 Å². The lowest BCUT2D eigenvalue weighted by molar-refractivity contribution is 0.0911. The Morgan fingerprint density at radius 1 is 1.32 bits per heavy atom. The van der Waals surface area contributed by atoms with Gasteiger partial charge in [0.1, 0.15) is 5.75 Å². The van der Waals surface area contributed by atoms with Crippen LogP contribution in [0, 0.1) is 0 Å².